The molecule has 176 valence electrons. The summed E-state index contributed by atoms with van der Waals surface area (Å²) >= 11 is 0. The molecule has 33 heavy (non-hydrogen) atoms. The Morgan fingerprint density at radius 1 is 1.06 bits per heavy atom. The van der Waals surface area contributed by atoms with E-state index in [1.807, 2.05) is 0 Å². The highest BCUT2D eigenvalue weighted by molar-refractivity contribution is 5.49. The Kier molecular flexibility index (Phi) is 5.97. The molecule has 0 aliphatic heterocycles. The zero-order chi connectivity index (χ0) is 23.8. The van der Waals surface area contributed by atoms with Crippen LogP contribution >= 0.6 is 0 Å². The fraction of sp³-hybridized carbons (Fsp3) is 0.450. The van der Waals surface area contributed by atoms with E-state index in [1.54, 1.807) is 0 Å². The average molecular weight is 473 g/mol. The van der Waals surface area contributed by atoms with Crippen LogP contribution in [0.5, 0.6) is 0 Å². The van der Waals surface area contributed by atoms with Crippen molar-refractivity contribution in [3.8, 4) is 11.5 Å². The average Bonchev–Trinajstić information content (AvgIpc) is 3.26. The highest BCUT2D eigenvalue weighted by Gasteiger charge is 2.39. The van der Waals surface area contributed by atoms with Gasteiger partial charge in [-0.05, 0) is 37.0 Å². The van der Waals surface area contributed by atoms with E-state index < -0.39 is 47.4 Å². The minimum Gasteiger partial charge on any atom is -0.329 e. The standard InChI is InChI=1S/C20H17F6N5O2/c21-19(22,23)13-7-4-8-27-15(13)10-31-17(32)12(11-5-2-1-3-6-11)9-14(29-31)16-28-18(33-30-16)20(24,25)26/h4,7-9,11H,1-3,5-6,10H2. The van der Waals surface area contributed by atoms with Gasteiger partial charge in [0.05, 0.1) is 17.8 Å². The van der Waals surface area contributed by atoms with Gasteiger partial charge in [-0.3, -0.25) is 9.78 Å². The summed E-state index contributed by atoms with van der Waals surface area (Å²) in [6.45, 7) is -0.633. The van der Waals surface area contributed by atoms with Crippen molar-refractivity contribution in [1.29, 1.82) is 0 Å². The molecule has 3 aromatic rings. The number of hydrogen-bond acceptors (Lipinski definition) is 6. The number of aromatic nitrogens is 5. The van der Waals surface area contributed by atoms with E-state index in [2.05, 4.69) is 24.7 Å². The molecule has 1 fully saturated rings. The van der Waals surface area contributed by atoms with Crippen LogP contribution in [0.1, 0.15) is 60.7 Å². The van der Waals surface area contributed by atoms with Crippen LogP contribution in [0.4, 0.5) is 26.3 Å². The van der Waals surface area contributed by atoms with Crippen LogP contribution in [0.15, 0.2) is 33.7 Å². The predicted octanol–water partition coefficient (Wildman–Crippen LogP) is 4.82. The lowest BCUT2D eigenvalue weighted by molar-refractivity contribution is -0.159. The summed E-state index contributed by atoms with van der Waals surface area (Å²) in [5, 5.41) is 7.25. The van der Waals surface area contributed by atoms with Crippen molar-refractivity contribution < 1.29 is 30.9 Å². The van der Waals surface area contributed by atoms with Crippen molar-refractivity contribution in [3.63, 3.8) is 0 Å². The molecule has 0 aromatic carbocycles. The van der Waals surface area contributed by atoms with Gasteiger partial charge in [-0.2, -0.15) is 36.4 Å². The Balaban J connectivity index is 1.82. The molecule has 1 saturated carbocycles. The van der Waals surface area contributed by atoms with Crippen molar-refractivity contribution in [3.05, 3.63) is 57.5 Å². The maximum atomic E-state index is 13.4. The van der Waals surface area contributed by atoms with Crippen LogP contribution in [-0.2, 0) is 18.9 Å². The van der Waals surface area contributed by atoms with Crippen LogP contribution in [0.3, 0.4) is 0 Å². The van der Waals surface area contributed by atoms with Gasteiger partial charge in [0.2, 0.25) is 5.82 Å². The van der Waals surface area contributed by atoms with E-state index in [4.69, 9.17) is 0 Å². The van der Waals surface area contributed by atoms with E-state index in [0.29, 0.717) is 12.8 Å². The summed E-state index contributed by atoms with van der Waals surface area (Å²) in [5.41, 5.74) is -2.09. The van der Waals surface area contributed by atoms with Crippen molar-refractivity contribution >= 4 is 0 Å². The van der Waals surface area contributed by atoms with Gasteiger partial charge in [-0.25, -0.2) is 4.68 Å². The maximum absolute atomic E-state index is 13.4. The summed E-state index contributed by atoms with van der Waals surface area (Å²) < 4.78 is 83.9. The SMILES string of the molecule is O=c1c(C2CCCCC2)cc(-c2noc(C(F)(F)F)n2)nn1Cc1ncccc1C(F)(F)F. The molecule has 1 aliphatic carbocycles. The first-order valence-corrected chi connectivity index (χ1v) is 10.1. The minimum absolute atomic E-state index is 0.209. The second-order valence-corrected chi connectivity index (χ2v) is 7.70. The van der Waals surface area contributed by atoms with Gasteiger partial charge in [-0.15, -0.1) is 0 Å². The number of alkyl halides is 6. The second kappa shape index (κ2) is 8.60. The van der Waals surface area contributed by atoms with Gasteiger partial charge < -0.3 is 4.52 Å². The fourth-order valence-corrected chi connectivity index (χ4v) is 3.89. The van der Waals surface area contributed by atoms with Gasteiger partial charge >= 0.3 is 18.2 Å². The number of rotatable bonds is 4. The largest absolute Gasteiger partial charge is 0.471 e. The third-order valence-electron chi connectivity index (χ3n) is 5.44. The first-order valence-electron chi connectivity index (χ1n) is 10.1. The zero-order valence-corrected chi connectivity index (χ0v) is 16.9. The molecule has 0 unspecified atom stereocenters. The summed E-state index contributed by atoms with van der Waals surface area (Å²) in [4.78, 5) is 20.2. The third-order valence-corrected chi connectivity index (χ3v) is 5.44. The smallest absolute Gasteiger partial charge is 0.329 e. The van der Waals surface area contributed by atoms with Crippen molar-refractivity contribution in [2.24, 2.45) is 0 Å². The monoisotopic (exact) mass is 473 g/mol. The van der Waals surface area contributed by atoms with E-state index in [0.717, 1.165) is 42.3 Å². The lowest BCUT2D eigenvalue weighted by Gasteiger charge is -2.22. The topological polar surface area (TPSA) is 86.7 Å². The molecule has 0 spiro atoms. The Morgan fingerprint density at radius 2 is 1.79 bits per heavy atom. The molecule has 0 radical (unpaired) electrons. The first-order chi connectivity index (χ1) is 15.5. The first kappa shape index (κ1) is 22.9. The summed E-state index contributed by atoms with van der Waals surface area (Å²) in [7, 11) is 0. The highest BCUT2D eigenvalue weighted by atomic mass is 19.4. The Morgan fingerprint density at radius 3 is 2.42 bits per heavy atom. The molecule has 0 bridgehead atoms. The zero-order valence-electron chi connectivity index (χ0n) is 16.9. The van der Waals surface area contributed by atoms with Crippen LogP contribution in [0.25, 0.3) is 11.5 Å². The van der Waals surface area contributed by atoms with E-state index in [1.165, 1.54) is 6.07 Å². The van der Waals surface area contributed by atoms with Crippen LogP contribution in [0, 0.1) is 0 Å². The van der Waals surface area contributed by atoms with Crippen LogP contribution in [-0.4, -0.2) is 24.9 Å². The van der Waals surface area contributed by atoms with Gasteiger partial charge in [0, 0.05) is 11.8 Å². The molecule has 13 heteroatoms. The molecule has 0 saturated heterocycles. The number of hydrogen-bond donors (Lipinski definition) is 0. The molecule has 3 heterocycles. The summed E-state index contributed by atoms with van der Waals surface area (Å²) in [6.07, 6.45) is -4.46. The lowest BCUT2D eigenvalue weighted by atomic mass is 9.84. The second-order valence-electron chi connectivity index (χ2n) is 7.70. The van der Waals surface area contributed by atoms with E-state index in [9.17, 15) is 31.1 Å². The van der Waals surface area contributed by atoms with E-state index >= 15 is 0 Å². The highest BCUT2D eigenvalue weighted by Crippen LogP contribution is 2.34. The minimum atomic E-state index is -4.89. The molecule has 7 nitrogen and oxygen atoms in total. The molecule has 4 rings (SSSR count). The number of halogens is 6. The number of pyridine rings is 1. The fourth-order valence-electron chi connectivity index (χ4n) is 3.89. The quantitative estimate of drug-likeness (QED) is 0.505. The molecular weight excluding hydrogens is 456 g/mol. The molecular formula is C20H17F6N5O2. The van der Waals surface area contributed by atoms with E-state index in [-0.39, 0.29) is 17.2 Å². The molecule has 0 N–H and O–H groups in total. The summed E-state index contributed by atoms with van der Waals surface area (Å²) in [6, 6.07) is 3.24. The third kappa shape index (κ3) is 4.91. The predicted molar refractivity (Wildman–Crippen MR) is 101 cm³/mol. The van der Waals surface area contributed by atoms with Crippen molar-refractivity contribution in [2.75, 3.05) is 0 Å². The molecule has 0 amide bonds. The maximum Gasteiger partial charge on any atom is 0.471 e. The van der Waals surface area contributed by atoms with Gasteiger partial charge in [0.25, 0.3) is 5.56 Å². The van der Waals surface area contributed by atoms with Gasteiger partial charge in [0.15, 0.2) is 0 Å². The van der Waals surface area contributed by atoms with Gasteiger partial charge in [0.1, 0.15) is 5.69 Å². The lowest BCUT2D eigenvalue weighted by Crippen LogP contribution is -2.30. The normalized spacial score (nSPS) is 15.7. The Bertz CT molecular complexity index is 1190. The molecule has 1 aliphatic rings. The van der Waals surface area contributed by atoms with Crippen LogP contribution in [0.2, 0.25) is 0 Å². The number of nitrogens with zero attached hydrogens (tertiary/aromatic N) is 5. The Labute approximate surface area is 182 Å². The Hall–Kier alpha value is -3.25. The van der Waals surface area contributed by atoms with Crippen LogP contribution < -0.4 is 5.56 Å². The summed E-state index contributed by atoms with van der Waals surface area (Å²) in [5.74, 6) is -2.33. The van der Waals surface area contributed by atoms with Crippen molar-refractivity contribution in [2.45, 2.75) is 56.9 Å². The molecule has 3 aromatic heterocycles. The van der Waals surface area contributed by atoms with Gasteiger partial charge in [-0.1, -0.05) is 24.4 Å². The van der Waals surface area contributed by atoms with Crippen molar-refractivity contribution in [1.82, 2.24) is 24.9 Å². The molecule has 0 atom stereocenters.